The van der Waals surface area contributed by atoms with E-state index in [0.717, 1.165) is 11.3 Å². The Hall–Kier alpha value is -3.87. The molecule has 2 heterocycles. The summed E-state index contributed by atoms with van der Waals surface area (Å²) in [6.45, 7) is 1.98. The third-order valence-corrected chi connectivity index (χ3v) is 6.88. The molecule has 0 saturated heterocycles. The van der Waals surface area contributed by atoms with Crippen molar-refractivity contribution in [3.63, 3.8) is 0 Å². The highest BCUT2D eigenvalue weighted by Gasteiger charge is 2.63. The van der Waals surface area contributed by atoms with Crippen molar-refractivity contribution >= 4 is 29.0 Å². The van der Waals surface area contributed by atoms with Gasteiger partial charge in [-0.1, -0.05) is 35.9 Å². The van der Waals surface area contributed by atoms with Crippen molar-refractivity contribution in [3.05, 3.63) is 82.3 Å². The zero-order chi connectivity index (χ0) is 23.5. The van der Waals surface area contributed by atoms with Gasteiger partial charge in [0.25, 0.3) is 0 Å². The normalized spacial score (nSPS) is 22.2. The molecule has 3 aliphatic rings. The van der Waals surface area contributed by atoms with E-state index in [1.54, 1.807) is 24.1 Å². The predicted octanol–water partition coefficient (Wildman–Crippen LogP) is 3.08. The van der Waals surface area contributed by atoms with Gasteiger partial charge in [0.15, 0.2) is 5.78 Å². The van der Waals surface area contributed by atoms with Crippen LogP contribution in [-0.2, 0) is 24.5 Å². The first-order chi connectivity index (χ1) is 15.8. The Balaban J connectivity index is 1.92. The molecule has 33 heavy (non-hydrogen) atoms. The molecule has 2 N–H and O–H groups in total. The third kappa shape index (κ3) is 2.65. The van der Waals surface area contributed by atoms with Crippen LogP contribution in [0.2, 0.25) is 0 Å². The highest BCUT2D eigenvalue weighted by molar-refractivity contribution is 6.24. The van der Waals surface area contributed by atoms with Crippen molar-refractivity contribution in [2.75, 3.05) is 24.0 Å². The van der Waals surface area contributed by atoms with Crippen molar-refractivity contribution in [3.8, 4) is 0 Å². The van der Waals surface area contributed by atoms with E-state index in [1.165, 1.54) is 12.0 Å². The number of ether oxygens (including phenoxy) is 1. The summed E-state index contributed by atoms with van der Waals surface area (Å²) in [6, 6.07) is 14.9. The van der Waals surface area contributed by atoms with Crippen LogP contribution in [0.15, 0.2) is 71.2 Å². The summed E-state index contributed by atoms with van der Waals surface area (Å²) in [4.78, 5) is 44.2. The van der Waals surface area contributed by atoms with Crippen molar-refractivity contribution in [2.45, 2.75) is 31.6 Å². The lowest BCUT2D eigenvalue weighted by Gasteiger charge is -2.44. The lowest BCUT2D eigenvalue weighted by atomic mass is 9.63. The molecule has 1 aliphatic carbocycles. The zero-order valence-corrected chi connectivity index (χ0v) is 18.8. The van der Waals surface area contributed by atoms with Crippen LogP contribution in [0.25, 0.3) is 0 Å². The van der Waals surface area contributed by atoms with Crippen LogP contribution in [0.4, 0.5) is 11.4 Å². The second-order valence-electron chi connectivity index (χ2n) is 8.65. The molecule has 1 atom stereocenters. The van der Waals surface area contributed by atoms with Crippen LogP contribution < -0.4 is 15.5 Å². The Morgan fingerprint density at radius 1 is 1.06 bits per heavy atom. The monoisotopic (exact) mass is 443 g/mol. The van der Waals surface area contributed by atoms with Crippen LogP contribution >= 0.6 is 0 Å². The first-order valence-corrected chi connectivity index (χ1v) is 10.9. The van der Waals surface area contributed by atoms with Crippen LogP contribution in [0, 0.1) is 6.92 Å². The standard InChI is InChI=1S/C26H25N3O4/c1-15-11-13-16(14-12-15)29-19-9-6-10-20(30)21(19)26(22(23(29)27)24(31)33-3)17-7-4-5-8-18(17)28(2)25(26)32/h4-5,7-8,11-14H,6,9-10,27H2,1-3H3. The molecule has 1 spiro atoms. The summed E-state index contributed by atoms with van der Waals surface area (Å²) in [5, 5.41) is 0. The molecule has 5 rings (SSSR count). The number of allylic oxidation sites excluding steroid dienone is 1. The Kier molecular flexibility index (Phi) is 4.67. The molecule has 0 saturated carbocycles. The Morgan fingerprint density at radius 2 is 1.76 bits per heavy atom. The summed E-state index contributed by atoms with van der Waals surface area (Å²) in [6.07, 6.45) is 1.50. The number of esters is 1. The molecule has 2 aromatic rings. The van der Waals surface area contributed by atoms with E-state index in [0.29, 0.717) is 41.8 Å². The average molecular weight is 444 g/mol. The number of hydrogen-bond donors (Lipinski definition) is 1. The van der Waals surface area contributed by atoms with Crippen LogP contribution in [0.3, 0.4) is 0 Å². The zero-order valence-electron chi connectivity index (χ0n) is 18.8. The molecule has 0 bridgehead atoms. The van der Waals surface area contributed by atoms with Gasteiger partial charge in [-0.25, -0.2) is 4.79 Å². The summed E-state index contributed by atoms with van der Waals surface area (Å²) < 4.78 is 5.16. The molecule has 7 heteroatoms. The summed E-state index contributed by atoms with van der Waals surface area (Å²) in [5.41, 5.74) is 9.09. The number of para-hydroxylation sites is 1. The van der Waals surface area contributed by atoms with Gasteiger partial charge in [-0.05, 0) is 38.0 Å². The lowest BCUT2D eigenvalue weighted by molar-refractivity contribution is -0.138. The van der Waals surface area contributed by atoms with E-state index < -0.39 is 11.4 Å². The number of benzene rings is 2. The molecule has 168 valence electrons. The molecule has 0 aromatic heterocycles. The molecular weight excluding hydrogens is 418 g/mol. The maximum atomic E-state index is 14.0. The molecule has 2 aromatic carbocycles. The number of nitrogens with zero attached hydrogens (tertiary/aromatic N) is 2. The number of likely N-dealkylation sites (N-methyl/N-ethyl adjacent to an activating group) is 1. The molecule has 0 fully saturated rings. The Bertz CT molecular complexity index is 1270. The van der Waals surface area contributed by atoms with Crippen molar-refractivity contribution in [1.29, 1.82) is 0 Å². The summed E-state index contributed by atoms with van der Waals surface area (Å²) >= 11 is 0. The number of Topliss-reactive ketones (excluding diaryl/α,β-unsaturated/α-hetero) is 1. The number of anilines is 2. The number of hydrogen-bond acceptors (Lipinski definition) is 6. The number of amides is 1. The predicted molar refractivity (Wildman–Crippen MR) is 124 cm³/mol. The van der Waals surface area contributed by atoms with Gasteiger partial charge in [-0.3, -0.25) is 14.5 Å². The van der Waals surface area contributed by atoms with Gasteiger partial charge >= 0.3 is 5.97 Å². The van der Waals surface area contributed by atoms with Crippen molar-refractivity contribution in [1.82, 2.24) is 0 Å². The number of carbonyl (C=O) groups is 3. The fourth-order valence-corrected chi connectivity index (χ4v) is 5.44. The van der Waals surface area contributed by atoms with Crippen LogP contribution in [-0.4, -0.2) is 31.8 Å². The van der Waals surface area contributed by atoms with E-state index in [1.807, 2.05) is 43.3 Å². The highest BCUT2D eigenvalue weighted by atomic mass is 16.5. The number of ketones is 1. The lowest BCUT2D eigenvalue weighted by Crippen LogP contribution is -2.54. The molecule has 1 amide bonds. The number of fused-ring (bicyclic) bond motifs is 3. The van der Waals surface area contributed by atoms with Crippen molar-refractivity contribution in [2.24, 2.45) is 5.73 Å². The molecule has 2 aliphatic heterocycles. The van der Waals surface area contributed by atoms with E-state index in [4.69, 9.17) is 10.5 Å². The average Bonchev–Trinajstić information content (AvgIpc) is 3.03. The molecule has 7 nitrogen and oxygen atoms in total. The Morgan fingerprint density at radius 3 is 2.45 bits per heavy atom. The van der Waals surface area contributed by atoms with Gasteiger partial charge < -0.3 is 15.4 Å². The topological polar surface area (TPSA) is 92.9 Å². The van der Waals surface area contributed by atoms with Gasteiger partial charge in [-0.2, -0.15) is 0 Å². The minimum Gasteiger partial charge on any atom is -0.466 e. The first-order valence-electron chi connectivity index (χ1n) is 10.9. The maximum Gasteiger partial charge on any atom is 0.339 e. The minimum absolute atomic E-state index is 0.0126. The van der Waals surface area contributed by atoms with E-state index in [2.05, 4.69) is 0 Å². The van der Waals surface area contributed by atoms with Gasteiger partial charge in [0, 0.05) is 41.7 Å². The SMILES string of the molecule is COC(=O)C1=C(N)N(c2ccc(C)cc2)C2=C(C(=O)CCC2)C12C(=O)N(C)c1ccccc12. The summed E-state index contributed by atoms with van der Waals surface area (Å²) in [7, 11) is 2.91. The van der Waals surface area contributed by atoms with E-state index >= 15 is 0 Å². The fraction of sp³-hybridized carbons (Fsp3) is 0.269. The van der Waals surface area contributed by atoms with Crippen LogP contribution in [0.5, 0.6) is 0 Å². The summed E-state index contributed by atoms with van der Waals surface area (Å²) in [5.74, 6) is -1.15. The molecule has 0 radical (unpaired) electrons. The quantitative estimate of drug-likeness (QED) is 0.717. The van der Waals surface area contributed by atoms with E-state index in [9.17, 15) is 14.4 Å². The number of carbonyl (C=O) groups excluding carboxylic acids is 3. The minimum atomic E-state index is -1.63. The number of nitrogens with two attached hydrogens (primary N) is 1. The molecular formula is C26H25N3O4. The fourth-order valence-electron chi connectivity index (χ4n) is 5.44. The smallest absolute Gasteiger partial charge is 0.339 e. The van der Waals surface area contributed by atoms with E-state index in [-0.39, 0.29) is 23.1 Å². The van der Waals surface area contributed by atoms with Gasteiger partial charge in [0.1, 0.15) is 16.8 Å². The van der Waals surface area contributed by atoms with Gasteiger partial charge in [0.05, 0.1) is 7.11 Å². The van der Waals surface area contributed by atoms with Gasteiger partial charge in [-0.15, -0.1) is 0 Å². The second-order valence-corrected chi connectivity index (χ2v) is 8.65. The number of methoxy groups -OCH3 is 1. The number of rotatable bonds is 2. The van der Waals surface area contributed by atoms with Gasteiger partial charge in [0.2, 0.25) is 5.91 Å². The third-order valence-electron chi connectivity index (χ3n) is 6.88. The number of aryl methyl sites for hydroxylation is 1. The highest BCUT2D eigenvalue weighted by Crippen LogP contribution is 2.56. The Labute approximate surface area is 192 Å². The largest absolute Gasteiger partial charge is 0.466 e. The van der Waals surface area contributed by atoms with Crippen LogP contribution in [0.1, 0.15) is 30.4 Å². The maximum absolute atomic E-state index is 14.0. The second kappa shape index (κ2) is 7.33. The van der Waals surface area contributed by atoms with Crippen molar-refractivity contribution < 1.29 is 19.1 Å². The molecule has 1 unspecified atom stereocenters. The first kappa shape index (κ1) is 21.0.